The summed E-state index contributed by atoms with van der Waals surface area (Å²) in [5, 5.41) is 11.6. The van der Waals surface area contributed by atoms with E-state index in [1.54, 1.807) is 0 Å². The number of piperidine rings is 1. The first-order chi connectivity index (χ1) is 23.8. The molecule has 8 heteroatoms. The van der Waals surface area contributed by atoms with Gasteiger partial charge in [0, 0.05) is 54.2 Å². The Kier molecular flexibility index (Phi) is 10.5. The van der Waals surface area contributed by atoms with E-state index >= 15 is 0 Å². The van der Waals surface area contributed by atoms with Crippen molar-refractivity contribution in [3.63, 3.8) is 0 Å². The predicted molar refractivity (Wildman–Crippen MR) is 197 cm³/mol. The van der Waals surface area contributed by atoms with Gasteiger partial charge in [-0.1, -0.05) is 68.4 Å². The van der Waals surface area contributed by atoms with Gasteiger partial charge >= 0.3 is 5.97 Å². The van der Waals surface area contributed by atoms with Crippen molar-refractivity contribution in [2.75, 3.05) is 53.9 Å². The molecule has 3 aromatic rings. The fourth-order valence-corrected chi connectivity index (χ4v) is 9.69. The maximum atomic E-state index is 13.5. The minimum absolute atomic E-state index is 0.0652. The number of carbonyl (C=O) groups excluding carboxylic acids is 3. The van der Waals surface area contributed by atoms with Crippen LogP contribution in [0.5, 0.6) is 0 Å². The Hall–Kier alpha value is -3.59. The van der Waals surface area contributed by atoms with E-state index in [4.69, 9.17) is 4.74 Å². The number of quaternary nitrogens is 2. The van der Waals surface area contributed by atoms with Crippen LogP contribution in [0, 0.1) is 5.41 Å². The first kappa shape index (κ1) is 36.2. The third-order valence-electron chi connectivity index (χ3n) is 12.0. The number of hydrogen-bond acceptors (Lipinski definition) is 5. The highest BCUT2D eigenvalue weighted by molar-refractivity contribution is 6.25. The van der Waals surface area contributed by atoms with Gasteiger partial charge in [0.1, 0.15) is 12.0 Å². The Balaban J connectivity index is 0.936. The number of esters is 1. The number of unbranched alkanes of at least 4 members (excludes halogenated alkanes) is 3. The topological polar surface area (TPSA) is 83.9 Å². The van der Waals surface area contributed by atoms with Gasteiger partial charge in [0.15, 0.2) is 0 Å². The molecule has 50 heavy (non-hydrogen) atoms. The third kappa shape index (κ3) is 7.53. The van der Waals surface area contributed by atoms with Crippen LogP contribution >= 0.6 is 0 Å². The molecule has 0 aliphatic carbocycles. The maximum Gasteiger partial charge on any atom is 0.316 e. The molecule has 1 N–H and O–H groups in total. The molecule has 3 aliphatic rings. The number of hydrogen-bond donors (Lipinski definition) is 1. The van der Waals surface area contributed by atoms with Crippen molar-refractivity contribution in [2.24, 2.45) is 5.41 Å². The largest absolute Gasteiger partial charge is 0.461 e. The number of amides is 2. The average molecular weight is 684 g/mol. The van der Waals surface area contributed by atoms with Crippen LogP contribution in [-0.4, -0.2) is 109 Å². The lowest BCUT2D eigenvalue weighted by Gasteiger charge is -2.47. The molecule has 2 saturated heterocycles. The van der Waals surface area contributed by atoms with Crippen molar-refractivity contribution in [1.29, 1.82) is 0 Å². The lowest BCUT2D eigenvalue weighted by molar-refractivity contribution is -0.949. The smallest absolute Gasteiger partial charge is 0.316 e. The van der Waals surface area contributed by atoms with Gasteiger partial charge in [-0.25, -0.2) is 0 Å². The number of aliphatic hydroxyl groups is 1. The highest BCUT2D eigenvalue weighted by Crippen LogP contribution is 2.43. The molecular formula is C42H57N3O5+2. The van der Waals surface area contributed by atoms with Crippen LogP contribution in [0.15, 0.2) is 66.7 Å². The second-order valence-electron chi connectivity index (χ2n) is 16.9. The van der Waals surface area contributed by atoms with Crippen LogP contribution in [0.3, 0.4) is 0 Å². The number of ether oxygens (including phenoxy) is 1. The molecule has 268 valence electrons. The lowest BCUT2D eigenvalue weighted by atomic mass is 9.88. The number of nitrogens with zero attached hydrogens (tertiary/aromatic N) is 3. The molecular weight excluding hydrogens is 626 g/mol. The molecule has 2 amide bonds. The lowest BCUT2D eigenvalue weighted by Crippen LogP contribution is -2.59. The summed E-state index contributed by atoms with van der Waals surface area (Å²) in [4.78, 5) is 41.5. The summed E-state index contributed by atoms with van der Waals surface area (Å²) in [7, 11) is 6.95. The number of carbonyl (C=O) groups is 3. The van der Waals surface area contributed by atoms with E-state index in [1.807, 2.05) is 66.7 Å². The molecule has 2 bridgehead atoms. The minimum Gasteiger partial charge on any atom is -0.461 e. The summed E-state index contributed by atoms with van der Waals surface area (Å²) >= 11 is 0. The summed E-state index contributed by atoms with van der Waals surface area (Å²) in [5.41, 5.74) is 1.80. The first-order valence-electron chi connectivity index (χ1n) is 18.7. The normalized spacial score (nSPS) is 24.1. The predicted octanol–water partition coefficient (Wildman–Crippen LogP) is 6.56. The van der Waals surface area contributed by atoms with Crippen LogP contribution in [0.25, 0.3) is 10.8 Å². The van der Waals surface area contributed by atoms with Gasteiger partial charge in [-0.2, -0.15) is 0 Å². The van der Waals surface area contributed by atoms with E-state index < -0.39 is 5.92 Å². The van der Waals surface area contributed by atoms with Gasteiger partial charge in [0.25, 0.3) is 11.8 Å². The summed E-state index contributed by atoms with van der Waals surface area (Å²) in [5.74, 6) is -1.30. The Labute approximate surface area is 298 Å². The van der Waals surface area contributed by atoms with E-state index in [9.17, 15) is 19.5 Å². The molecule has 0 spiro atoms. The number of rotatable bonds is 15. The van der Waals surface area contributed by atoms with Crippen molar-refractivity contribution in [3.8, 4) is 0 Å². The van der Waals surface area contributed by atoms with Gasteiger partial charge < -0.3 is 18.8 Å². The second-order valence-corrected chi connectivity index (χ2v) is 16.9. The second kappa shape index (κ2) is 14.6. The zero-order valence-electron chi connectivity index (χ0n) is 30.8. The Morgan fingerprint density at radius 3 is 2.10 bits per heavy atom. The van der Waals surface area contributed by atoms with E-state index in [1.165, 1.54) is 43.5 Å². The highest BCUT2D eigenvalue weighted by Gasteiger charge is 2.52. The zero-order chi connectivity index (χ0) is 35.7. The van der Waals surface area contributed by atoms with E-state index in [0.717, 1.165) is 57.7 Å². The molecule has 3 aliphatic heterocycles. The average Bonchev–Trinajstić information content (AvgIpc) is 3.22. The minimum atomic E-state index is -0.622. The van der Waals surface area contributed by atoms with Crippen LogP contribution in [0.2, 0.25) is 0 Å². The molecule has 0 saturated carbocycles. The molecule has 3 atom stereocenters. The van der Waals surface area contributed by atoms with Crippen LogP contribution < -0.4 is 0 Å². The van der Waals surface area contributed by atoms with E-state index in [0.29, 0.717) is 29.8 Å². The Morgan fingerprint density at radius 2 is 1.50 bits per heavy atom. The molecule has 0 aromatic heterocycles. The van der Waals surface area contributed by atoms with Crippen molar-refractivity contribution in [3.05, 3.63) is 83.4 Å². The molecule has 2 fully saturated rings. The van der Waals surface area contributed by atoms with Gasteiger partial charge in [0.05, 0.1) is 59.5 Å². The van der Waals surface area contributed by atoms with Gasteiger partial charge in [-0.15, -0.1) is 0 Å². The maximum absolute atomic E-state index is 13.5. The number of aliphatic hydroxyl groups excluding tert-OH is 1. The Morgan fingerprint density at radius 1 is 0.900 bits per heavy atom. The third-order valence-corrected chi connectivity index (χ3v) is 12.0. The highest BCUT2D eigenvalue weighted by atomic mass is 16.5. The molecule has 3 heterocycles. The van der Waals surface area contributed by atoms with Crippen LogP contribution in [0.4, 0.5) is 0 Å². The van der Waals surface area contributed by atoms with E-state index in [2.05, 4.69) is 35.0 Å². The van der Waals surface area contributed by atoms with Crippen LogP contribution in [0.1, 0.15) is 97.4 Å². The van der Waals surface area contributed by atoms with Gasteiger partial charge in [-0.05, 0) is 48.8 Å². The zero-order valence-corrected chi connectivity index (χ0v) is 30.8. The number of imide groups is 1. The van der Waals surface area contributed by atoms with Gasteiger partial charge in [-0.3, -0.25) is 19.3 Å². The first-order valence-corrected chi connectivity index (χ1v) is 18.7. The van der Waals surface area contributed by atoms with E-state index in [-0.39, 0.29) is 35.9 Å². The summed E-state index contributed by atoms with van der Waals surface area (Å²) in [6, 6.07) is 21.9. The van der Waals surface area contributed by atoms with Crippen LogP contribution in [-0.2, 0) is 9.53 Å². The molecule has 0 radical (unpaired) electrons. The number of benzene rings is 3. The van der Waals surface area contributed by atoms with Crippen molar-refractivity contribution < 1.29 is 33.2 Å². The monoisotopic (exact) mass is 683 g/mol. The van der Waals surface area contributed by atoms with Crippen molar-refractivity contribution in [1.82, 2.24) is 4.90 Å². The molecule has 1 unspecified atom stereocenters. The Bertz CT molecular complexity index is 1640. The fraction of sp³-hybridized carbons (Fsp3) is 0.548. The molecule has 8 nitrogen and oxygen atoms in total. The summed E-state index contributed by atoms with van der Waals surface area (Å²) in [6.45, 7) is 7.58. The number of fused-ring (bicyclic) bond motifs is 2. The molecule has 3 aromatic carbocycles. The summed E-state index contributed by atoms with van der Waals surface area (Å²) in [6.07, 6.45) is 8.85. The van der Waals surface area contributed by atoms with Crippen molar-refractivity contribution in [2.45, 2.75) is 89.3 Å². The standard InChI is InChI=1S/C42H57N3O5/c1-42(2,28-43-39(47)35-19-13-17-31-18-14-20-36(38(31)35)40(43)48)29-44(3,4)23-11-6-7-12-24-45(5)32-21-22-33(45)26-34(25-32)50-41(49)37(27-46)30-15-9-8-10-16-30/h8-10,13-20,32-34,37,46H,6-7,11-12,21-29H2,1-5H3/q+2/t32-,33-,34?,37?,45?/m1/s1. The summed E-state index contributed by atoms with van der Waals surface area (Å²) < 4.78 is 7.97. The van der Waals surface area contributed by atoms with Crippen molar-refractivity contribution >= 4 is 28.6 Å². The quantitative estimate of drug-likeness (QED) is 0.0850. The molecule has 6 rings (SSSR count). The SMILES string of the molecule is CC(C)(CN1C(=O)c2cccc3cccc(c23)C1=O)C[N+](C)(C)CCCCCC[N+]1(C)[C@@H]2CC[C@@H]1CC(OC(=O)C(CO)c1ccccc1)C2. The fourth-order valence-electron chi connectivity index (χ4n) is 9.69. The van der Waals surface area contributed by atoms with Gasteiger partial charge in [0.2, 0.25) is 0 Å².